The van der Waals surface area contributed by atoms with Gasteiger partial charge in [-0.15, -0.1) is 11.3 Å². The molecule has 3 nitrogen and oxygen atoms in total. The number of nitrogens with zero attached hydrogens (tertiary/aromatic N) is 1. The van der Waals surface area contributed by atoms with Gasteiger partial charge in [-0.3, -0.25) is 4.90 Å². The molecule has 1 aliphatic rings. The van der Waals surface area contributed by atoms with Gasteiger partial charge in [0.05, 0.1) is 17.7 Å². The molecule has 2 heterocycles. The van der Waals surface area contributed by atoms with Gasteiger partial charge in [0, 0.05) is 24.5 Å². The molecular formula is C13H22N2OS. The van der Waals surface area contributed by atoms with Crippen LogP contribution in [0.15, 0.2) is 17.5 Å². The van der Waals surface area contributed by atoms with Crippen molar-refractivity contribution in [3.05, 3.63) is 22.4 Å². The Morgan fingerprint density at radius 2 is 2.41 bits per heavy atom. The Morgan fingerprint density at radius 1 is 1.65 bits per heavy atom. The lowest BCUT2D eigenvalue weighted by Crippen LogP contribution is -2.53. The fourth-order valence-electron chi connectivity index (χ4n) is 2.60. The van der Waals surface area contributed by atoms with Crippen molar-refractivity contribution in [3.63, 3.8) is 0 Å². The molecule has 96 valence electrons. The van der Waals surface area contributed by atoms with Gasteiger partial charge in [-0.1, -0.05) is 6.07 Å². The lowest BCUT2D eigenvalue weighted by atomic mass is 10.0. The van der Waals surface area contributed by atoms with Crippen LogP contribution >= 0.6 is 11.3 Å². The second kappa shape index (κ2) is 5.06. The molecule has 0 saturated carbocycles. The van der Waals surface area contributed by atoms with Crippen molar-refractivity contribution in [1.29, 1.82) is 0 Å². The van der Waals surface area contributed by atoms with Crippen LogP contribution in [-0.2, 0) is 4.74 Å². The van der Waals surface area contributed by atoms with E-state index >= 15 is 0 Å². The van der Waals surface area contributed by atoms with Gasteiger partial charge in [0.1, 0.15) is 0 Å². The molecule has 0 radical (unpaired) electrons. The summed E-state index contributed by atoms with van der Waals surface area (Å²) in [6.45, 7) is 9.26. The third-order valence-corrected chi connectivity index (χ3v) is 4.01. The van der Waals surface area contributed by atoms with Crippen LogP contribution in [0.4, 0.5) is 0 Å². The van der Waals surface area contributed by atoms with Crippen molar-refractivity contribution in [2.24, 2.45) is 5.73 Å². The van der Waals surface area contributed by atoms with Gasteiger partial charge in [-0.25, -0.2) is 0 Å². The maximum Gasteiger partial charge on any atom is 0.0757 e. The predicted octanol–water partition coefficient (Wildman–Crippen LogP) is 2.25. The summed E-state index contributed by atoms with van der Waals surface area (Å²) < 4.78 is 5.90. The molecule has 0 bridgehead atoms. The molecule has 2 rings (SSSR count). The van der Waals surface area contributed by atoms with Crippen molar-refractivity contribution in [1.82, 2.24) is 4.90 Å². The molecule has 17 heavy (non-hydrogen) atoms. The summed E-state index contributed by atoms with van der Waals surface area (Å²) in [6.07, 6.45) is 0.286. The van der Waals surface area contributed by atoms with Gasteiger partial charge in [-0.05, 0) is 32.2 Å². The smallest absolute Gasteiger partial charge is 0.0757 e. The fraction of sp³-hybridized carbons (Fsp3) is 0.692. The molecule has 0 aliphatic carbocycles. The standard InChI is InChI=1S/C13H22N2OS/c1-10-7-15(9-13(2,3)16-10)8-11(14)12-5-4-6-17-12/h4-6,10-11H,7-9,14H2,1-3H3. The van der Waals surface area contributed by atoms with Gasteiger partial charge >= 0.3 is 0 Å². The van der Waals surface area contributed by atoms with E-state index in [4.69, 9.17) is 10.5 Å². The highest BCUT2D eigenvalue weighted by Crippen LogP contribution is 2.24. The third kappa shape index (κ3) is 3.52. The zero-order valence-corrected chi connectivity index (χ0v) is 11.7. The number of hydrogen-bond acceptors (Lipinski definition) is 4. The summed E-state index contributed by atoms with van der Waals surface area (Å²) in [5.41, 5.74) is 6.17. The molecule has 2 atom stereocenters. The summed E-state index contributed by atoms with van der Waals surface area (Å²) in [5.74, 6) is 0. The Hall–Kier alpha value is -0.420. The third-order valence-electron chi connectivity index (χ3n) is 3.00. The number of ether oxygens (including phenoxy) is 1. The summed E-state index contributed by atoms with van der Waals surface area (Å²) in [7, 11) is 0. The van der Waals surface area contributed by atoms with Gasteiger partial charge in [-0.2, -0.15) is 0 Å². The van der Waals surface area contributed by atoms with Crippen LogP contribution in [0.3, 0.4) is 0 Å². The number of hydrogen-bond donors (Lipinski definition) is 1. The van der Waals surface area contributed by atoms with E-state index in [0.717, 1.165) is 19.6 Å². The lowest BCUT2D eigenvalue weighted by Gasteiger charge is -2.42. The Kier molecular flexibility index (Phi) is 3.88. The number of nitrogens with two attached hydrogens (primary N) is 1. The SMILES string of the molecule is CC1CN(CC(N)c2cccs2)CC(C)(C)O1. The highest BCUT2D eigenvalue weighted by Gasteiger charge is 2.31. The fourth-order valence-corrected chi connectivity index (χ4v) is 3.32. The van der Waals surface area contributed by atoms with Crippen molar-refractivity contribution in [2.75, 3.05) is 19.6 Å². The zero-order valence-electron chi connectivity index (χ0n) is 10.8. The molecule has 1 saturated heterocycles. The topological polar surface area (TPSA) is 38.5 Å². The van der Waals surface area contributed by atoms with Gasteiger partial charge < -0.3 is 10.5 Å². The highest BCUT2D eigenvalue weighted by molar-refractivity contribution is 7.10. The van der Waals surface area contributed by atoms with E-state index in [1.807, 2.05) is 0 Å². The minimum atomic E-state index is -0.0627. The average molecular weight is 254 g/mol. The van der Waals surface area contributed by atoms with E-state index in [2.05, 4.69) is 43.2 Å². The molecule has 0 spiro atoms. The predicted molar refractivity (Wildman–Crippen MR) is 72.3 cm³/mol. The first-order valence-electron chi connectivity index (χ1n) is 6.15. The summed E-state index contributed by atoms with van der Waals surface area (Å²) >= 11 is 1.74. The van der Waals surface area contributed by atoms with E-state index in [1.165, 1.54) is 4.88 Å². The van der Waals surface area contributed by atoms with E-state index in [0.29, 0.717) is 0 Å². The van der Waals surface area contributed by atoms with Crippen molar-refractivity contribution < 1.29 is 4.74 Å². The quantitative estimate of drug-likeness (QED) is 0.899. The Bertz CT molecular complexity index is 350. The van der Waals surface area contributed by atoms with Gasteiger partial charge in [0.25, 0.3) is 0 Å². The molecule has 2 N–H and O–H groups in total. The van der Waals surface area contributed by atoms with Crippen molar-refractivity contribution in [3.8, 4) is 0 Å². The number of thiophene rings is 1. The minimum absolute atomic E-state index is 0.0627. The first-order valence-corrected chi connectivity index (χ1v) is 7.03. The molecule has 1 aliphatic heterocycles. The Balaban J connectivity index is 1.94. The first-order chi connectivity index (χ1) is 7.96. The van der Waals surface area contributed by atoms with Crippen LogP contribution in [0.5, 0.6) is 0 Å². The Labute approximate surface area is 108 Å². The van der Waals surface area contributed by atoms with Crippen LogP contribution < -0.4 is 5.73 Å². The first kappa shape index (κ1) is 13.0. The average Bonchev–Trinajstić information content (AvgIpc) is 2.65. The molecule has 0 aromatic carbocycles. The van der Waals surface area contributed by atoms with E-state index < -0.39 is 0 Å². The van der Waals surface area contributed by atoms with Crippen LogP contribution in [0.1, 0.15) is 31.7 Å². The molecule has 4 heteroatoms. The van der Waals surface area contributed by atoms with Crippen molar-refractivity contribution >= 4 is 11.3 Å². The second-order valence-corrected chi connectivity index (χ2v) is 6.48. The van der Waals surface area contributed by atoms with Crippen LogP contribution in [-0.4, -0.2) is 36.2 Å². The van der Waals surface area contributed by atoms with Gasteiger partial charge in [0.15, 0.2) is 0 Å². The molecule has 1 aromatic heterocycles. The number of rotatable bonds is 3. The van der Waals surface area contributed by atoms with E-state index in [9.17, 15) is 0 Å². The zero-order chi connectivity index (χ0) is 12.5. The highest BCUT2D eigenvalue weighted by atomic mass is 32.1. The minimum Gasteiger partial charge on any atom is -0.370 e. The van der Waals surface area contributed by atoms with Gasteiger partial charge in [0.2, 0.25) is 0 Å². The molecular weight excluding hydrogens is 232 g/mol. The van der Waals surface area contributed by atoms with Crippen LogP contribution in [0.25, 0.3) is 0 Å². The lowest BCUT2D eigenvalue weighted by molar-refractivity contribution is -0.129. The van der Waals surface area contributed by atoms with E-state index in [1.54, 1.807) is 11.3 Å². The second-order valence-electron chi connectivity index (χ2n) is 5.50. The van der Waals surface area contributed by atoms with E-state index in [-0.39, 0.29) is 17.7 Å². The van der Waals surface area contributed by atoms with Crippen LogP contribution in [0.2, 0.25) is 0 Å². The monoisotopic (exact) mass is 254 g/mol. The number of morpholine rings is 1. The largest absolute Gasteiger partial charge is 0.370 e. The Morgan fingerprint density at radius 3 is 3.00 bits per heavy atom. The summed E-state index contributed by atoms with van der Waals surface area (Å²) in [4.78, 5) is 3.68. The maximum atomic E-state index is 6.23. The molecule has 2 unspecified atom stereocenters. The summed E-state index contributed by atoms with van der Waals surface area (Å²) in [5, 5.41) is 2.08. The summed E-state index contributed by atoms with van der Waals surface area (Å²) in [6, 6.07) is 4.30. The van der Waals surface area contributed by atoms with Crippen molar-refractivity contribution in [2.45, 2.75) is 38.5 Å². The molecule has 1 fully saturated rings. The molecule has 1 aromatic rings. The normalized spacial score (nSPS) is 26.9. The van der Waals surface area contributed by atoms with Crippen LogP contribution in [0, 0.1) is 0 Å². The maximum absolute atomic E-state index is 6.23. The molecule has 0 amide bonds.